The molecule has 1 aliphatic carbocycles. The van der Waals surface area contributed by atoms with E-state index in [9.17, 15) is 9.59 Å². The molecule has 2 aromatic rings. The van der Waals surface area contributed by atoms with E-state index in [0.29, 0.717) is 24.2 Å². The van der Waals surface area contributed by atoms with Crippen molar-refractivity contribution in [3.05, 3.63) is 41.2 Å². The molecule has 2 amide bonds. The summed E-state index contributed by atoms with van der Waals surface area (Å²) in [6.07, 6.45) is 3.65. The lowest BCUT2D eigenvalue weighted by atomic mass is 10.1. The summed E-state index contributed by atoms with van der Waals surface area (Å²) in [5, 5.41) is 14.0. The van der Waals surface area contributed by atoms with Crippen molar-refractivity contribution in [2.45, 2.75) is 45.6 Å². The quantitative estimate of drug-likeness (QED) is 0.804. The van der Waals surface area contributed by atoms with Crippen molar-refractivity contribution in [3.8, 4) is 5.69 Å². The number of nitrogens with one attached hydrogen (secondary N) is 2. The van der Waals surface area contributed by atoms with E-state index in [0.717, 1.165) is 30.6 Å². The molecule has 0 bridgehead atoms. The number of carbonyl (C=O) groups excluding carboxylic acids is 2. The van der Waals surface area contributed by atoms with Crippen LogP contribution in [0.15, 0.2) is 24.3 Å². The average Bonchev–Trinajstić information content (AvgIpc) is 3.32. The summed E-state index contributed by atoms with van der Waals surface area (Å²) in [4.78, 5) is 24.2. The Morgan fingerprint density at radius 3 is 2.48 bits per heavy atom. The Balaban J connectivity index is 1.86. The first kappa shape index (κ1) is 17.1. The van der Waals surface area contributed by atoms with Gasteiger partial charge < -0.3 is 10.6 Å². The van der Waals surface area contributed by atoms with Gasteiger partial charge in [0.1, 0.15) is 0 Å². The standard InChI is InChI=1S/C18H23N5O2/c1-3-5-15-16(18(25)20-13-8-9-13)21-22-23(15)14-10-6-12(7-11-14)17(24)19-4-2/h6-7,10-11,13H,3-5,8-9H2,1-2H3,(H,19,24)(H,20,25). The molecule has 132 valence electrons. The number of nitrogens with zero attached hydrogens (tertiary/aromatic N) is 3. The molecule has 1 saturated carbocycles. The summed E-state index contributed by atoms with van der Waals surface area (Å²) in [5.41, 5.74) is 2.57. The van der Waals surface area contributed by atoms with Gasteiger partial charge in [0, 0.05) is 18.2 Å². The predicted octanol–water partition coefficient (Wildman–Crippen LogP) is 1.86. The van der Waals surface area contributed by atoms with Crippen LogP contribution in [0.5, 0.6) is 0 Å². The number of hydrogen-bond donors (Lipinski definition) is 2. The Kier molecular flexibility index (Phi) is 5.11. The zero-order valence-electron chi connectivity index (χ0n) is 14.6. The van der Waals surface area contributed by atoms with Crippen molar-refractivity contribution >= 4 is 11.8 Å². The lowest BCUT2D eigenvalue weighted by Crippen LogP contribution is -2.27. The maximum Gasteiger partial charge on any atom is 0.273 e. The molecule has 0 atom stereocenters. The van der Waals surface area contributed by atoms with Gasteiger partial charge in [-0.2, -0.15) is 0 Å². The van der Waals surface area contributed by atoms with E-state index >= 15 is 0 Å². The monoisotopic (exact) mass is 341 g/mol. The van der Waals surface area contributed by atoms with E-state index in [1.807, 2.05) is 19.1 Å². The molecule has 1 aromatic carbocycles. The van der Waals surface area contributed by atoms with Gasteiger partial charge in [0.2, 0.25) is 0 Å². The Hall–Kier alpha value is -2.70. The largest absolute Gasteiger partial charge is 0.352 e. The minimum Gasteiger partial charge on any atom is -0.352 e. The SMILES string of the molecule is CCCc1c(C(=O)NC2CC2)nnn1-c1ccc(C(=O)NCC)cc1. The highest BCUT2D eigenvalue weighted by Gasteiger charge is 2.27. The van der Waals surface area contributed by atoms with Crippen LogP contribution in [0.4, 0.5) is 0 Å². The topological polar surface area (TPSA) is 88.9 Å². The maximum absolute atomic E-state index is 12.4. The van der Waals surface area contributed by atoms with E-state index in [-0.39, 0.29) is 17.9 Å². The fourth-order valence-corrected chi connectivity index (χ4v) is 2.64. The van der Waals surface area contributed by atoms with Crippen molar-refractivity contribution in [2.75, 3.05) is 6.54 Å². The number of hydrogen-bond acceptors (Lipinski definition) is 4. The van der Waals surface area contributed by atoms with Gasteiger partial charge in [-0.05, 0) is 50.5 Å². The van der Waals surface area contributed by atoms with Crippen LogP contribution in [0, 0.1) is 0 Å². The number of benzene rings is 1. The smallest absolute Gasteiger partial charge is 0.273 e. The molecular formula is C18H23N5O2. The highest BCUT2D eigenvalue weighted by Crippen LogP contribution is 2.21. The van der Waals surface area contributed by atoms with E-state index in [4.69, 9.17) is 0 Å². The molecule has 1 fully saturated rings. The van der Waals surface area contributed by atoms with Crippen LogP contribution in [0.2, 0.25) is 0 Å². The van der Waals surface area contributed by atoms with Crippen LogP contribution < -0.4 is 10.6 Å². The summed E-state index contributed by atoms with van der Waals surface area (Å²) in [5.74, 6) is -0.262. The summed E-state index contributed by atoms with van der Waals surface area (Å²) in [6.45, 7) is 4.52. The Bertz CT molecular complexity index is 762. The van der Waals surface area contributed by atoms with E-state index < -0.39 is 0 Å². The molecule has 2 N–H and O–H groups in total. The minimum atomic E-state index is -0.156. The third-order valence-corrected chi connectivity index (χ3v) is 4.09. The fraction of sp³-hybridized carbons (Fsp3) is 0.444. The van der Waals surface area contributed by atoms with Crippen LogP contribution in [0.3, 0.4) is 0 Å². The fourth-order valence-electron chi connectivity index (χ4n) is 2.64. The van der Waals surface area contributed by atoms with Crippen molar-refractivity contribution in [1.82, 2.24) is 25.6 Å². The van der Waals surface area contributed by atoms with Gasteiger partial charge in [0.05, 0.1) is 11.4 Å². The summed E-state index contributed by atoms with van der Waals surface area (Å²) in [6, 6.07) is 7.43. The molecule has 7 nitrogen and oxygen atoms in total. The molecule has 1 aromatic heterocycles. The number of amides is 2. The van der Waals surface area contributed by atoms with Crippen LogP contribution in [-0.2, 0) is 6.42 Å². The summed E-state index contributed by atoms with van der Waals surface area (Å²) >= 11 is 0. The van der Waals surface area contributed by atoms with Gasteiger partial charge in [-0.3, -0.25) is 9.59 Å². The first-order valence-electron chi connectivity index (χ1n) is 8.78. The van der Waals surface area contributed by atoms with Crippen molar-refractivity contribution in [3.63, 3.8) is 0 Å². The second-order valence-electron chi connectivity index (χ2n) is 6.20. The van der Waals surface area contributed by atoms with Gasteiger partial charge in [-0.1, -0.05) is 18.6 Å². The lowest BCUT2D eigenvalue weighted by molar-refractivity contribution is 0.0940. The molecule has 25 heavy (non-hydrogen) atoms. The molecule has 1 heterocycles. The summed E-state index contributed by atoms with van der Waals surface area (Å²) in [7, 11) is 0. The average molecular weight is 341 g/mol. The van der Waals surface area contributed by atoms with E-state index in [1.165, 1.54) is 0 Å². The predicted molar refractivity (Wildman–Crippen MR) is 93.8 cm³/mol. The van der Waals surface area contributed by atoms with E-state index in [2.05, 4.69) is 27.9 Å². The molecule has 1 aliphatic rings. The maximum atomic E-state index is 12.4. The van der Waals surface area contributed by atoms with Crippen LogP contribution >= 0.6 is 0 Å². The molecular weight excluding hydrogens is 318 g/mol. The molecule has 0 spiro atoms. The van der Waals surface area contributed by atoms with Crippen LogP contribution in [0.25, 0.3) is 5.69 Å². The zero-order valence-corrected chi connectivity index (χ0v) is 14.6. The Morgan fingerprint density at radius 1 is 1.16 bits per heavy atom. The van der Waals surface area contributed by atoms with Gasteiger partial charge in [-0.15, -0.1) is 5.10 Å². The van der Waals surface area contributed by atoms with Gasteiger partial charge in [-0.25, -0.2) is 4.68 Å². The number of carbonyl (C=O) groups is 2. The van der Waals surface area contributed by atoms with Gasteiger partial charge in [0.25, 0.3) is 11.8 Å². The highest BCUT2D eigenvalue weighted by molar-refractivity contribution is 5.94. The van der Waals surface area contributed by atoms with E-state index in [1.54, 1.807) is 16.8 Å². The Morgan fingerprint density at radius 2 is 1.88 bits per heavy atom. The molecule has 0 saturated heterocycles. The minimum absolute atomic E-state index is 0.106. The lowest BCUT2D eigenvalue weighted by Gasteiger charge is -2.08. The second-order valence-corrected chi connectivity index (χ2v) is 6.20. The number of aromatic nitrogens is 3. The van der Waals surface area contributed by atoms with Gasteiger partial charge >= 0.3 is 0 Å². The normalized spacial score (nSPS) is 13.5. The molecule has 0 aliphatic heterocycles. The van der Waals surface area contributed by atoms with Crippen molar-refractivity contribution in [2.24, 2.45) is 0 Å². The Labute approximate surface area is 146 Å². The highest BCUT2D eigenvalue weighted by atomic mass is 16.2. The molecule has 0 unspecified atom stereocenters. The zero-order chi connectivity index (χ0) is 17.8. The molecule has 0 radical (unpaired) electrons. The van der Waals surface area contributed by atoms with Crippen LogP contribution in [-0.4, -0.2) is 39.4 Å². The first-order valence-corrected chi connectivity index (χ1v) is 8.78. The molecule has 3 rings (SSSR count). The summed E-state index contributed by atoms with van der Waals surface area (Å²) < 4.78 is 1.69. The first-order chi connectivity index (χ1) is 12.1. The van der Waals surface area contributed by atoms with Crippen molar-refractivity contribution < 1.29 is 9.59 Å². The van der Waals surface area contributed by atoms with Gasteiger partial charge in [0.15, 0.2) is 5.69 Å². The second kappa shape index (κ2) is 7.46. The van der Waals surface area contributed by atoms with Crippen molar-refractivity contribution in [1.29, 1.82) is 0 Å². The molecule has 7 heteroatoms. The van der Waals surface area contributed by atoms with Crippen LogP contribution in [0.1, 0.15) is 59.7 Å². The third kappa shape index (κ3) is 3.87. The third-order valence-electron chi connectivity index (χ3n) is 4.09. The number of rotatable bonds is 7.